The average Bonchev–Trinajstić information content (AvgIpc) is 3.73. The van der Waals surface area contributed by atoms with Crippen molar-refractivity contribution in [2.45, 2.75) is 0 Å². The van der Waals surface area contributed by atoms with Crippen molar-refractivity contribution in [3.63, 3.8) is 0 Å². The zero-order chi connectivity index (χ0) is 29.0. The van der Waals surface area contributed by atoms with E-state index in [0.717, 1.165) is 18.2 Å². The van der Waals surface area contributed by atoms with E-state index in [4.69, 9.17) is 0 Å². The molecule has 0 bridgehead atoms. The lowest BCUT2D eigenvalue weighted by Crippen LogP contribution is -2.14. The lowest BCUT2D eigenvalue weighted by Gasteiger charge is -2.12. The van der Waals surface area contributed by atoms with Crippen LogP contribution in [0.5, 0.6) is 0 Å². The topological polar surface area (TPSA) is 61.0 Å². The normalized spacial score (nSPS) is 14.2. The van der Waals surface area contributed by atoms with Crippen molar-refractivity contribution in [2.75, 3.05) is 0 Å². The van der Waals surface area contributed by atoms with E-state index in [9.17, 15) is 48.7 Å². The fourth-order valence-corrected chi connectivity index (χ4v) is 3.98. The quantitative estimate of drug-likeness (QED) is 0.118. The number of aliphatic imine (C=N–C) groups is 1. The second-order valence-electron chi connectivity index (χ2n) is 8.18. The van der Waals surface area contributed by atoms with E-state index in [-0.39, 0.29) is 22.8 Å². The third-order valence-electron chi connectivity index (χ3n) is 5.87. The van der Waals surface area contributed by atoms with Crippen LogP contribution in [0.1, 0.15) is 33.0 Å². The van der Waals surface area contributed by atoms with Crippen LogP contribution in [-0.4, -0.2) is 21.5 Å². The molecule has 1 aliphatic heterocycles. The first-order valence-corrected chi connectivity index (χ1v) is 10.9. The third-order valence-corrected chi connectivity index (χ3v) is 5.87. The van der Waals surface area contributed by atoms with Crippen molar-refractivity contribution < 1.29 is 48.7 Å². The van der Waals surface area contributed by atoms with Gasteiger partial charge < -0.3 is 9.97 Å². The molecule has 0 spiro atoms. The number of rotatable bonds is 5. The number of hydrogen-bond acceptors (Lipinski definition) is 2. The molecule has 2 aromatic carbocycles. The molecule has 4 nitrogen and oxygen atoms in total. The van der Waals surface area contributed by atoms with Crippen LogP contribution in [-0.2, 0) is 0 Å². The molecule has 2 N–H and O–H groups in total. The van der Waals surface area contributed by atoms with Crippen LogP contribution in [0, 0.1) is 58.2 Å². The molecular formula is C26H9F10N3O. The summed E-state index contributed by atoms with van der Waals surface area (Å²) < 4.78 is 140. The van der Waals surface area contributed by atoms with Crippen LogP contribution < -0.4 is 0 Å². The minimum absolute atomic E-state index is 0.0679. The largest absolute Gasteiger partial charge is 0.361 e. The molecule has 40 heavy (non-hydrogen) atoms. The molecule has 0 saturated heterocycles. The van der Waals surface area contributed by atoms with Crippen molar-refractivity contribution in [1.82, 2.24) is 9.97 Å². The van der Waals surface area contributed by atoms with Gasteiger partial charge in [-0.1, -0.05) is 0 Å². The standard InChI is InChI=1S/C26H9F10N3O/c27-16-14(17(28)21(32)24(35)20(16)31)13(10-2-1-7-37-10)11-5-3-8(38-11)9-4-6-12(39-9)26(40)15-18(29)22(33)25(36)23(34)19(15)30/h1-7,37,39H/b13-11+. The summed E-state index contributed by atoms with van der Waals surface area (Å²) in [5.74, 6) is -24.4. The van der Waals surface area contributed by atoms with E-state index in [1.54, 1.807) is 0 Å². The number of benzene rings is 2. The lowest BCUT2D eigenvalue weighted by atomic mass is 9.98. The Morgan fingerprint density at radius 1 is 0.600 bits per heavy atom. The van der Waals surface area contributed by atoms with Gasteiger partial charge in [-0.15, -0.1) is 0 Å². The maximum absolute atomic E-state index is 14.7. The number of allylic oxidation sites excluding steroid dienone is 2. The number of nitrogens with one attached hydrogen (secondary N) is 2. The number of hydrogen-bond donors (Lipinski definition) is 2. The fraction of sp³-hybridized carbons (Fsp3) is 0. The van der Waals surface area contributed by atoms with Crippen LogP contribution in [0.15, 0.2) is 53.3 Å². The molecule has 0 saturated carbocycles. The van der Waals surface area contributed by atoms with Crippen LogP contribution >= 0.6 is 0 Å². The summed E-state index contributed by atoms with van der Waals surface area (Å²) >= 11 is 0. The van der Waals surface area contributed by atoms with Gasteiger partial charge in [0.05, 0.1) is 28.4 Å². The number of ketones is 1. The molecule has 3 heterocycles. The van der Waals surface area contributed by atoms with Crippen LogP contribution in [0.4, 0.5) is 43.9 Å². The predicted octanol–water partition coefficient (Wildman–Crippen LogP) is 6.78. The average molecular weight is 569 g/mol. The lowest BCUT2D eigenvalue weighted by molar-refractivity contribution is 0.102. The summed E-state index contributed by atoms with van der Waals surface area (Å²) in [6, 6.07) is 4.74. The number of carbonyl (C=O) groups is 1. The predicted molar refractivity (Wildman–Crippen MR) is 119 cm³/mol. The maximum Gasteiger partial charge on any atom is 0.215 e. The van der Waals surface area contributed by atoms with E-state index in [1.807, 2.05) is 0 Å². The van der Waals surface area contributed by atoms with Gasteiger partial charge in [-0.25, -0.2) is 48.9 Å². The summed E-state index contributed by atoms with van der Waals surface area (Å²) in [5.41, 5.74) is -4.65. The van der Waals surface area contributed by atoms with Gasteiger partial charge in [-0.2, -0.15) is 0 Å². The number of nitrogens with zero attached hydrogens (tertiary/aromatic N) is 1. The van der Waals surface area contributed by atoms with Gasteiger partial charge in [0.25, 0.3) is 0 Å². The van der Waals surface area contributed by atoms with E-state index >= 15 is 0 Å². The van der Waals surface area contributed by atoms with Gasteiger partial charge in [0.15, 0.2) is 46.5 Å². The number of carbonyl (C=O) groups excluding carboxylic acids is 1. The number of H-pyrrole nitrogens is 2. The highest BCUT2D eigenvalue weighted by atomic mass is 19.2. The zero-order valence-corrected chi connectivity index (χ0v) is 19.2. The Hall–Kier alpha value is -4.88. The molecule has 0 radical (unpaired) electrons. The molecule has 2 aromatic heterocycles. The molecule has 5 rings (SSSR count). The molecule has 0 fully saturated rings. The SMILES string of the molecule is O=C(c1ccc(C2=N/C(=C(\c3ccc[nH]3)c3c(F)c(F)c(F)c(F)c3F)C=C2)[nH]1)c1c(F)c(F)c(F)c(F)c1F. The highest BCUT2D eigenvalue weighted by Gasteiger charge is 2.32. The molecule has 14 heteroatoms. The Balaban J connectivity index is 1.61. The van der Waals surface area contributed by atoms with Gasteiger partial charge in [0.2, 0.25) is 17.4 Å². The monoisotopic (exact) mass is 569 g/mol. The van der Waals surface area contributed by atoms with Crippen LogP contribution in [0.25, 0.3) is 5.57 Å². The summed E-state index contributed by atoms with van der Waals surface area (Å²) in [6.45, 7) is 0. The summed E-state index contributed by atoms with van der Waals surface area (Å²) in [7, 11) is 0. The van der Waals surface area contributed by atoms with Crippen molar-refractivity contribution in [3.8, 4) is 0 Å². The Kier molecular flexibility index (Phi) is 6.48. The summed E-state index contributed by atoms with van der Waals surface area (Å²) in [4.78, 5) is 21.7. The molecule has 1 aliphatic rings. The zero-order valence-electron chi connectivity index (χ0n) is 19.2. The molecule has 0 aliphatic carbocycles. The highest BCUT2D eigenvalue weighted by Crippen LogP contribution is 2.36. The Morgan fingerprint density at radius 3 is 1.65 bits per heavy atom. The molecular weight excluding hydrogens is 560 g/mol. The Morgan fingerprint density at radius 2 is 1.12 bits per heavy atom. The second kappa shape index (κ2) is 9.70. The Bertz CT molecular complexity index is 1760. The van der Waals surface area contributed by atoms with Gasteiger partial charge in [-0.05, 0) is 36.4 Å². The van der Waals surface area contributed by atoms with Crippen LogP contribution in [0.2, 0.25) is 0 Å². The summed E-state index contributed by atoms with van der Waals surface area (Å²) in [5, 5.41) is 0. The van der Waals surface area contributed by atoms with Crippen molar-refractivity contribution in [1.29, 1.82) is 0 Å². The second-order valence-corrected chi connectivity index (χ2v) is 8.18. The van der Waals surface area contributed by atoms with E-state index in [0.29, 0.717) is 0 Å². The minimum Gasteiger partial charge on any atom is -0.361 e. The third kappa shape index (κ3) is 4.03. The van der Waals surface area contributed by atoms with Crippen molar-refractivity contribution in [3.05, 3.63) is 135 Å². The smallest absolute Gasteiger partial charge is 0.215 e. The Labute approximate surface area is 216 Å². The fourth-order valence-electron chi connectivity index (χ4n) is 3.98. The van der Waals surface area contributed by atoms with E-state index in [1.165, 1.54) is 24.4 Å². The highest BCUT2D eigenvalue weighted by molar-refractivity contribution is 6.13. The van der Waals surface area contributed by atoms with Crippen molar-refractivity contribution >= 4 is 17.1 Å². The number of aromatic nitrogens is 2. The van der Waals surface area contributed by atoms with Gasteiger partial charge >= 0.3 is 0 Å². The van der Waals surface area contributed by atoms with Crippen molar-refractivity contribution in [2.24, 2.45) is 4.99 Å². The van der Waals surface area contributed by atoms with E-state index < -0.39 is 86.3 Å². The van der Waals surface area contributed by atoms with Gasteiger partial charge in [0.1, 0.15) is 5.56 Å². The van der Waals surface area contributed by atoms with Crippen LogP contribution in [0.3, 0.4) is 0 Å². The first kappa shape index (κ1) is 26.7. The molecule has 204 valence electrons. The number of aromatic amines is 2. The molecule has 0 amide bonds. The van der Waals surface area contributed by atoms with Gasteiger partial charge in [-0.3, -0.25) is 4.79 Å². The maximum atomic E-state index is 14.7. The first-order valence-electron chi connectivity index (χ1n) is 10.9. The molecule has 0 unspecified atom stereocenters. The first-order chi connectivity index (χ1) is 18.9. The minimum atomic E-state index is -2.45. The van der Waals surface area contributed by atoms with Gasteiger partial charge in [0, 0.05) is 17.5 Å². The summed E-state index contributed by atoms with van der Waals surface area (Å²) in [6.07, 6.45) is 3.67. The molecule has 4 aromatic rings. The molecule has 0 atom stereocenters. The number of halogens is 10. The van der Waals surface area contributed by atoms with E-state index in [2.05, 4.69) is 15.0 Å².